The summed E-state index contributed by atoms with van der Waals surface area (Å²) in [6, 6.07) is 0. The van der Waals surface area contributed by atoms with Gasteiger partial charge in [0.1, 0.15) is 5.60 Å². The van der Waals surface area contributed by atoms with Gasteiger partial charge in [-0.2, -0.15) is 0 Å². The van der Waals surface area contributed by atoms with E-state index in [1.54, 1.807) is 6.20 Å². The molecule has 0 radical (unpaired) electrons. The summed E-state index contributed by atoms with van der Waals surface area (Å²) < 4.78 is 10.1. The van der Waals surface area contributed by atoms with Gasteiger partial charge in [-0.1, -0.05) is 0 Å². The summed E-state index contributed by atoms with van der Waals surface area (Å²) in [5, 5.41) is 0. The largest absolute Gasteiger partial charge is 0.469 e. The summed E-state index contributed by atoms with van der Waals surface area (Å²) in [5.41, 5.74) is 0.916. The Bertz CT molecular complexity index is 758. The van der Waals surface area contributed by atoms with Gasteiger partial charge in [0.25, 0.3) is 0 Å². The van der Waals surface area contributed by atoms with Crippen LogP contribution in [0.15, 0.2) is 6.20 Å². The van der Waals surface area contributed by atoms with E-state index in [0.717, 1.165) is 5.56 Å². The van der Waals surface area contributed by atoms with Gasteiger partial charge >= 0.3 is 12.1 Å². The zero-order valence-corrected chi connectivity index (χ0v) is 15.3. The van der Waals surface area contributed by atoms with E-state index >= 15 is 0 Å². The van der Waals surface area contributed by atoms with Crippen molar-refractivity contribution in [1.29, 1.82) is 0 Å². The molecule has 2 amide bonds. The molecule has 9 heteroatoms. The molecule has 0 bridgehead atoms. The molecule has 1 aromatic heterocycles. The molecule has 2 aliphatic heterocycles. The third-order valence-electron chi connectivity index (χ3n) is 4.20. The molecule has 0 N–H and O–H groups in total. The van der Waals surface area contributed by atoms with Crippen LogP contribution in [0.25, 0.3) is 0 Å². The molecule has 0 aliphatic carbocycles. The highest BCUT2D eigenvalue weighted by Crippen LogP contribution is 2.27. The molecular formula is C17H22N4O5. The van der Waals surface area contributed by atoms with Gasteiger partial charge in [0.05, 0.1) is 31.8 Å². The smallest absolute Gasteiger partial charge is 0.410 e. The molecule has 1 fully saturated rings. The van der Waals surface area contributed by atoms with E-state index in [1.807, 2.05) is 20.8 Å². The van der Waals surface area contributed by atoms with Crippen molar-refractivity contribution in [3.63, 3.8) is 0 Å². The van der Waals surface area contributed by atoms with Gasteiger partial charge in [-0.3, -0.25) is 19.4 Å². The van der Waals surface area contributed by atoms with Gasteiger partial charge in [0.2, 0.25) is 11.9 Å². The van der Waals surface area contributed by atoms with Gasteiger partial charge in [0.15, 0.2) is 0 Å². The Morgan fingerprint density at radius 3 is 2.65 bits per heavy atom. The van der Waals surface area contributed by atoms with E-state index in [1.165, 1.54) is 16.9 Å². The highest BCUT2D eigenvalue weighted by atomic mass is 16.6. The molecule has 9 nitrogen and oxygen atoms in total. The molecule has 140 valence electrons. The molecule has 1 atom stereocenters. The Balaban J connectivity index is 1.72. The lowest BCUT2D eigenvalue weighted by Gasteiger charge is -2.23. The molecule has 3 heterocycles. The first-order valence-electron chi connectivity index (χ1n) is 8.39. The Morgan fingerprint density at radius 1 is 1.27 bits per heavy atom. The lowest BCUT2D eigenvalue weighted by Crippen LogP contribution is -2.33. The number of carbonyl (C=O) groups is 3. The fourth-order valence-electron chi connectivity index (χ4n) is 2.95. The molecule has 26 heavy (non-hydrogen) atoms. The number of esters is 1. The normalized spacial score (nSPS) is 19.5. The number of methoxy groups -OCH3 is 1. The fraction of sp³-hybridized carbons (Fsp3) is 0.588. The Kier molecular flexibility index (Phi) is 4.55. The minimum absolute atomic E-state index is 0.0805. The molecule has 2 aliphatic rings. The highest BCUT2D eigenvalue weighted by molar-refractivity contribution is 5.98. The van der Waals surface area contributed by atoms with Gasteiger partial charge in [0, 0.05) is 24.7 Å². The van der Waals surface area contributed by atoms with Crippen LogP contribution >= 0.6 is 0 Å². The second-order valence-corrected chi connectivity index (χ2v) is 7.41. The van der Waals surface area contributed by atoms with Crippen LogP contribution in [0.2, 0.25) is 0 Å². The van der Waals surface area contributed by atoms with Crippen LogP contribution in [-0.2, 0) is 32.2 Å². The van der Waals surface area contributed by atoms with Crippen LogP contribution in [0.1, 0.15) is 38.4 Å². The number of ether oxygens (including phenoxy) is 2. The third-order valence-corrected chi connectivity index (χ3v) is 4.20. The number of hydrogen-bond acceptors (Lipinski definition) is 7. The summed E-state index contributed by atoms with van der Waals surface area (Å²) >= 11 is 0. The summed E-state index contributed by atoms with van der Waals surface area (Å²) in [6.45, 7) is 6.28. The van der Waals surface area contributed by atoms with E-state index in [0.29, 0.717) is 18.8 Å². The van der Waals surface area contributed by atoms with Crippen molar-refractivity contribution in [2.75, 3.05) is 18.6 Å². The van der Waals surface area contributed by atoms with Gasteiger partial charge in [-0.25, -0.2) is 14.8 Å². The third kappa shape index (κ3) is 3.61. The SMILES string of the molecule is COC(=O)C1CC(=O)N(c2ncc3c(n2)CN(C(=O)OC(C)(C)C)C3)C1. The lowest BCUT2D eigenvalue weighted by atomic mass is 10.1. The minimum atomic E-state index is -0.576. The van der Waals surface area contributed by atoms with Gasteiger partial charge < -0.3 is 9.47 Å². The number of aromatic nitrogens is 2. The average molecular weight is 362 g/mol. The monoisotopic (exact) mass is 362 g/mol. The summed E-state index contributed by atoms with van der Waals surface area (Å²) in [6.07, 6.45) is 1.28. The number of rotatable bonds is 2. The van der Waals surface area contributed by atoms with Crippen molar-refractivity contribution in [3.05, 3.63) is 17.5 Å². The van der Waals surface area contributed by atoms with E-state index < -0.39 is 23.6 Å². The fourth-order valence-corrected chi connectivity index (χ4v) is 2.95. The van der Waals surface area contributed by atoms with Crippen LogP contribution in [0.5, 0.6) is 0 Å². The van der Waals surface area contributed by atoms with Crippen molar-refractivity contribution >= 4 is 23.9 Å². The molecule has 1 saturated heterocycles. The number of fused-ring (bicyclic) bond motifs is 1. The van der Waals surface area contributed by atoms with Crippen LogP contribution < -0.4 is 4.90 Å². The van der Waals surface area contributed by atoms with E-state index in [-0.39, 0.29) is 24.8 Å². The summed E-state index contributed by atoms with van der Waals surface area (Å²) in [4.78, 5) is 47.6. The predicted octanol–water partition coefficient (Wildman–Crippen LogP) is 1.25. The van der Waals surface area contributed by atoms with Crippen molar-refractivity contribution < 1.29 is 23.9 Å². The standard InChI is InChI=1S/C17H22N4O5/c1-17(2,3)26-16(24)20-7-11-6-18-15(19-12(11)9-20)21-8-10(5-13(21)22)14(23)25-4/h6,10H,5,7-9H2,1-4H3. The Hall–Kier alpha value is -2.71. The van der Waals surface area contributed by atoms with Crippen molar-refractivity contribution in [2.45, 2.75) is 45.9 Å². The lowest BCUT2D eigenvalue weighted by molar-refractivity contribution is -0.145. The minimum Gasteiger partial charge on any atom is -0.469 e. The molecule has 1 aromatic rings. The topological polar surface area (TPSA) is 102 Å². The van der Waals surface area contributed by atoms with Crippen LogP contribution in [0.4, 0.5) is 10.7 Å². The second-order valence-electron chi connectivity index (χ2n) is 7.41. The van der Waals surface area contributed by atoms with Crippen molar-refractivity contribution in [3.8, 4) is 0 Å². The van der Waals surface area contributed by atoms with E-state index in [2.05, 4.69) is 9.97 Å². The molecule has 0 saturated carbocycles. The van der Waals surface area contributed by atoms with Gasteiger partial charge in [-0.15, -0.1) is 0 Å². The van der Waals surface area contributed by atoms with E-state index in [4.69, 9.17) is 9.47 Å². The quantitative estimate of drug-likeness (QED) is 0.730. The van der Waals surface area contributed by atoms with Crippen LogP contribution in [0.3, 0.4) is 0 Å². The maximum atomic E-state index is 12.2. The first-order chi connectivity index (χ1) is 12.2. The van der Waals surface area contributed by atoms with Crippen LogP contribution in [0, 0.1) is 5.92 Å². The molecule has 1 unspecified atom stereocenters. The van der Waals surface area contributed by atoms with Crippen LogP contribution in [-0.4, -0.2) is 52.1 Å². The summed E-state index contributed by atoms with van der Waals surface area (Å²) in [7, 11) is 1.30. The highest BCUT2D eigenvalue weighted by Gasteiger charge is 2.38. The number of nitrogens with zero attached hydrogens (tertiary/aromatic N) is 4. The Labute approximate surface area is 151 Å². The van der Waals surface area contributed by atoms with E-state index in [9.17, 15) is 14.4 Å². The second kappa shape index (κ2) is 6.54. The maximum absolute atomic E-state index is 12.2. The first-order valence-corrected chi connectivity index (χ1v) is 8.39. The molecule has 3 rings (SSSR count). The zero-order chi connectivity index (χ0) is 19.1. The van der Waals surface area contributed by atoms with Crippen molar-refractivity contribution in [1.82, 2.24) is 14.9 Å². The number of anilines is 1. The van der Waals surface area contributed by atoms with Gasteiger partial charge in [-0.05, 0) is 20.8 Å². The number of amides is 2. The molecule has 0 spiro atoms. The van der Waals surface area contributed by atoms with Crippen molar-refractivity contribution in [2.24, 2.45) is 5.92 Å². The zero-order valence-electron chi connectivity index (χ0n) is 15.3. The Morgan fingerprint density at radius 2 is 2.00 bits per heavy atom. The number of hydrogen-bond donors (Lipinski definition) is 0. The number of carbonyl (C=O) groups excluding carboxylic acids is 3. The molecule has 0 aromatic carbocycles. The predicted molar refractivity (Wildman–Crippen MR) is 90.0 cm³/mol. The maximum Gasteiger partial charge on any atom is 0.410 e. The first kappa shape index (κ1) is 18.1. The molecular weight excluding hydrogens is 340 g/mol. The average Bonchev–Trinajstić information content (AvgIpc) is 3.15. The summed E-state index contributed by atoms with van der Waals surface area (Å²) in [5.74, 6) is -0.908.